The van der Waals surface area contributed by atoms with E-state index in [1.54, 1.807) is 17.0 Å². The number of piperidine rings is 2. The lowest BCUT2D eigenvalue weighted by atomic mass is 10.1. The van der Waals surface area contributed by atoms with Crippen LogP contribution in [0.15, 0.2) is 12.1 Å². The van der Waals surface area contributed by atoms with Crippen LogP contribution in [0.1, 0.15) is 38.5 Å². The van der Waals surface area contributed by atoms with Crippen molar-refractivity contribution in [3.8, 4) is 0 Å². The molecule has 3 N–H and O–H groups in total. The van der Waals surface area contributed by atoms with Gasteiger partial charge in [-0.15, -0.1) is 0 Å². The Kier molecular flexibility index (Phi) is 4.73. The molecule has 23 heavy (non-hydrogen) atoms. The van der Waals surface area contributed by atoms with Gasteiger partial charge in [-0.2, -0.15) is 4.73 Å². The van der Waals surface area contributed by atoms with Gasteiger partial charge >= 0.3 is 6.03 Å². The summed E-state index contributed by atoms with van der Waals surface area (Å²) in [7, 11) is 0. The number of rotatable bonds is 2. The van der Waals surface area contributed by atoms with Crippen molar-refractivity contribution in [3.05, 3.63) is 17.6 Å². The van der Waals surface area contributed by atoms with Gasteiger partial charge in [-0.3, -0.25) is 10.7 Å². The molecule has 2 amide bonds. The Morgan fingerprint density at radius 1 is 1.00 bits per heavy atom. The molecule has 0 atom stereocenters. The number of likely N-dealkylation sites (tertiary alicyclic amines) is 1. The number of carbonyl (C=O) groups excluding carboxylic acids is 1. The van der Waals surface area contributed by atoms with E-state index in [0.29, 0.717) is 0 Å². The number of hydrogen-bond donors (Lipinski definition) is 3. The number of aromatic nitrogens is 1. The molecule has 126 valence electrons. The molecule has 0 aromatic carbocycles. The molecule has 1 aromatic rings. The fourth-order valence-corrected chi connectivity index (χ4v) is 3.28. The number of pyridine rings is 1. The molecular formula is C16H25N5O2. The van der Waals surface area contributed by atoms with Gasteiger partial charge in [-0.25, -0.2) is 4.79 Å². The highest BCUT2D eigenvalue weighted by Gasteiger charge is 2.19. The summed E-state index contributed by atoms with van der Waals surface area (Å²) < 4.78 is 0.731. The topological polar surface area (TPSA) is 84.6 Å². The Balaban J connectivity index is 1.78. The minimum Gasteiger partial charge on any atom is -0.425 e. The maximum atomic E-state index is 12.3. The summed E-state index contributed by atoms with van der Waals surface area (Å²) in [6.07, 6.45) is 6.70. The molecule has 7 nitrogen and oxygen atoms in total. The van der Waals surface area contributed by atoms with Crippen LogP contribution in [0.25, 0.3) is 0 Å². The van der Waals surface area contributed by atoms with Crippen LogP contribution in [0.5, 0.6) is 0 Å². The van der Waals surface area contributed by atoms with E-state index in [0.717, 1.165) is 68.7 Å². The fourth-order valence-electron chi connectivity index (χ4n) is 3.28. The van der Waals surface area contributed by atoms with Crippen molar-refractivity contribution in [1.82, 2.24) is 9.63 Å². The Labute approximate surface area is 136 Å². The molecule has 2 aliphatic rings. The third-order valence-corrected chi connectivity index (χ3v) is 4.63. The summed E-state index contributed by atoms with van der Waals surface area (Å²) in [5.41, 5.74) is 0.857. The van der Waals surface area contributed by atoms with Gasteiger partial charge in [-0.05, 0) is 38.5 Å². The molecule has 2 fully saturated rings. The molecule has 7 heteroatoms. The smallest absolute Gasteiger partial charge is 0.323 e. The zero-order valence-corrected chi connectivity index (χ0v) is 13.4. The van der Waals surface area contributed by atoms with Crippen LogP contribution in [-0.4, -0.2) is 47.0 Å². The van der Waals surface area contributed by atoms with E-state index in [4.69, 9.17) is 5.41 Å². The first-order chi connectivity index (χ1) is 11.1. The molecule has 0 unspecified atom stereocenters. The van der Waals surface area contributed by atoms with Crippen molar-refractivity contribution in [3.63, 3.8) is 0 Å². The van der Waals surface area contributed by atoms with Crippen molar-refractivity contribution in [2.45, 2.75) is 38.5 Å². The molecule has 0 radical (unpaired) electrons. The van der Waals surface area contributed by atoms with E-state index >= 15 is 0 Å². The standard InChI is InChI=1S/C16H25N5O2/c17-14-11-13(19-7-3-1-4-8-19)12-15(21(14)23)18-16(22)20-9-5-2-6-10-20/h11-12,17,23H,1-10H2,(H,18,22). The van der Waals surface area contributed by atoms with Crippen molar-refractivity contribution in [2.75, 3.05) is 36.4 Å². The van der Waals surface area contributed by atoms with E-state index in [1.807, 2.05) is 0 Å². The molecule has 0 spiro atoms. The normalized spacial score (nSPS) is 18.8. The Morgan fingerprint density at radius 2 is 1.61 bits per heavy atom. The van der Waals surface area contributed by atoms with Gasteiger partial charge in [0.1, 0.15) is 0 Å². The predicted octanol–water partition coefficient (Wildman–Crippen LogP) is 2.21. The molecule has 3 rings (SSSR count). The summed E-state index contributed by atoms with van der Waals surface area (Å²) in [5, 5.41) is 20.7. The average Bonchev–Trinajstić information content (AvgIpc) is 2.60. The van der Waals surface area contributed by atoms with Gasteiger partial charge in [0.25, 0.3) is 0 Å². The van der Waals surface area contributed by atoms with Crippen LogP contribution in [0.3, 0.4) is 0 Å². The third-order valence-electron chi connectivity index (χ3n) is 4.63. The lowest BCUT2D eigenvalue weighted by Crippen LogP contribution is -2.40. The fraction of sp³-hybridized carbons (Fsp3) is 0.625. The highest BCUT2D eigenvalue weighted by molar-refractivity contribution is 5.89. The maximum Gasteiger partial charge on any atom is 0.323 e. The van der Waals surface area contributed by atoms with Crippen molar-refractivity contribution < 1.29 is 10.0 Å². The second-order valence-electron chi connectivity index (χ2n) is 6.32. The Bertz CT molecular complexity index is 615. The molecule has 3 heterocycles. The third kappa shape index (κ3) is 3.60. The van der Waals surface area contributed by atoms with Gasteiger partial charge in [0, 0.05) is 44.0 Å². The summed E-state index contributed by atoms with van der Waals surface area (Å²) in [6, 6.07) is 3.19. The highest BCUT2D eigenvalue weighted by Crippen LogP contribution is 2.21. The van der Waals surface area contributed by atoms with E-state index in [9.17, 15) is 10.0 Å². The number of urea groups is 1. The lowest BCUT2D eigenvalue weighted by Gasteiger charge is -2.30. The van der Waals surface area contributed by atoms with Crippen LogP contribution in [0, 0.1) is 5.41 Å². The zero-order valence-electron chi connectivity index (χ0n) is 13.4. The second-order valence-corrected chi connectivity index (χ2v) is 6.32. The highest BCUT2D eigenvalue weighted by atomic mass is 16.5. The quantitative estimate of drug-likeness (QED) is 0.731. The Morgan fingerprint density at radius 3 is 2.26 bits per heavy atom. The largest absolute Gasteiger partial charge is 0.425 e. The number of carbonyl (C=O) groups is 1. The number of amides is 2. The molecule has 0 aliphatic carbocycles. The summed E-state index contributed by atoms with van der Waals surface area (Å²) in [6.45, 7) is 3.40. The molecule has 0 saturated carbocycles. The minimum absolute atomic E-state index is 0.0259. The van der Waals surface area contributed by atoms with Crippen LogP contribution >= 0.6 is 0 Å². The van der Waals surface area contributed by atoms with E-state index in [2.05, 4.69) is 10.2 Å². The number of nitrogens with zero attached hydrogens (tertiary/aromatic N) is 3. The van der Waals surface area contributed by atoms with Gasteiger partial charge in [-0.1, -0.05) is 0 Å². The molecule has 1 aromatic heterocycles. The van der Waals surface area contributed by atoms with Crippen LogP contribution in [-0.2, 0) is 0 Å². The molecular weight excluding hydrogens is 294 g/mol. The van der Waals surface area contributed by atoms with Crippen LogP contribution in [0.2, 0.25) is 0 Å². The summed E-state index contributed by atoms with van der Waals surface area (Å²) in [4.78, 5) is 16.3. The van der Waals surface area contributed by atoms with Crippen LogP contribution < -0.4 is 15.7 Å². The van der Waals surface area contributed by atoms with Gasteiger partial charge < -0.3 is 15.0 Å². The van der Waals surface area contributed by atoms with E-state index in [1.165, 1.54) is 6.42 Å². The SMILES string of the molecule is N=c1cc(N2CCCCC2)cc(NC(=O)N2CCCCC2)n1O. The van der Waals surface area contributed by atoms with Gasteiger partial charge in [0.15, 0.2) is 11.3 Å². The van der Waals surface area contributed by atoms with Gasteiger partial charge in [0.05, 0.1) is 0 Å². The monoisotopic (exact) mass is 319 g/mol. The number of hydrogen-bond acceptors (Lipinski definition) is 4. The van der Waals surface area contributed by atoms with Gasteiger partial charge in [0.2, 0.25) is 0 Å². The minimum atomic E-state index is -0.206. The van der Waals surface area contributed by atoms with Crippen molar-refractivity contribution in [1.29, 1.82) is 5.41 Å². The maximum absolute atomic E-state index is 12.3. The molecule has 0 bridgehead atoms. The summed E-state index contributed by atoms with van der Waals surface area (Å²) >= 11 is 0. The second kappa shape index (κ2) is 6.93. The number of anilines is 2. The number of nitrogens with one attached hydrogen (secondary N) is 2. The van der Waals surface area contributed by atoms with Crippen molar-refractivity contribution >= 4 is 17.5 Å². The molecule has 2 saturated heterocycles. The average molecular weight is 319 g/mol. The van der Waals surface area contributed by atoms with Crippen LogP contribution in [0.4, 0.5) is 16.3 Å². The van der Waals surface area contributed by atoms with E-state index in [-0.39, 0.29) is 17.3 Å². The first-order valence-electron chi connectivity index (χ1n) is 8.47. The van der Waals surface area contributed by atoms with E-state index < -0.39 is 0 Å². The van der Waals surface area contributed by atoms with Crippen molar-refractivity contribution in [2.24, 2.45) is 0 Å². The predicted molar refractivity (Wildman–Crippen MR) is 88.0 cm³/mol. The lowest BCUT2D eigenvalue weighted by molar-refractivity contribution is 0.173. The molecule has 2 aliphatic heterocycles. The first-order valence-corrected chi connectivity index (χ1v) is 8.47. The zero-order chi connectivity index (χ0) is 16.2. The Hall–Kier alpha value is -2.18. The first kappa shape index (κ1) is 15.7. The summed E-state index contributed by atoms with van der Waals surface area (Å²) in [5.74, 6) is 0.258.